The van der Waals surface area contributed by atoms with E-state index >= 15 is 0 Å². The summed E-state index contributed by atoms with van der Waals surface area (Å²) in [4.78, 5) is 0. The smallest absolute Gasteiger partial charge is 0.0783 e. The van der Waals surface area contributed by atoms with Crippen LogP contribution < -0.4 is 5.32 Å². The average molecular weight is 219 g/mol. The van der Waals surface area contributed by atoms with Crippen molar-refractivity contribution in [2.45, 2.75) is 38.9 Å². The molecule has 1 atom stereocenters. The van der Waals surface area contributed by atoms with Gasteiger partial charge in [-0.3, -0.25) is 0 Å². The van der Waals surface area contributed by atoms with Gasteiger partial charge in [0.2, 0.25) is 0 Å². The summed E-state index contributed by atoms with van der Waals surface area (Å²) in [6.45, 7) is 7.14. The van der Waals surface area contributed by atoms with Crippen molar-refractivity contribution in [1.29, 1.82) is 0 Å². The van der Waals surface area contributed by atoms with Gasteiger partial charge in [0, 0.05) is 6.54 Å². The number of hydrogen-bond donors (Lipinski definition) is 1. The fourth-order valence-electron chi connectivity index (χ4n) is 2.21. The van der Waals surface area contributed by atoms with Gasteiger partial charge in [-0.25, -0.2) is 0 Å². The molecule has 16 heavy (non-hydrogen) atoms. The van der Waals surface area contributed by atoms with Crippen molar-refractivity contribution >= 4 is 0 Å². The summed E-state index contributed by atoms with van der Waals surface area (Å²) in [5.41, 5.74) is 2.59. The zero-order valence-corrected chi connectivity index (χ0v) is 10.3. The van der Waals surface area contributed by atoms with Crippen LogP contribution in [0.4, 0.5) is 0 Å². The van der Waals surface area contributed by atoms with Gasteiger partial charge in [0.25, 0.3) is 0 Å². The molecule has 2 rings (SSSR count). The largest absolute Gasteiger partial charge is 0.369 e. The molecule has 1 heterocycles. The molecule has 2 heteroatoms. The Kier molecular flexibility index (Phi) is 3.62. The lowest BCUT2D eigenvalue weighted by Gasteiger charge is -2.34. The Balaban J connectivity index is 1.91. The maximum atomic E-state index is 6.05. The predicted octanol–water partition coefficient (Wildman–Crippen LogP) is 2.65. The Bertz CT molecular complexity index is 342. The minimum Gasteiger partial charge on any atom is -0.369 e. The molecular weight excluding hydrogens is 198 g/mol. The van der Waals surface area contributed by atoms with Gasteiger partial charge in [0.05, 0.1) is 12.2 Å². The molecule has 1 aliphatic rings. The van der Waals surface area contributed by atoms with Gasteiger partial charge in [0.1, 0.15) is 0 Å². The van der Waals surface area contributed by atoms with Crippen LogP contribution in [0.15, 0.2) is 24.3 Å². The van der Waals surface area contributed by atoms with Crippen LogP contribution in [0.1, 0.15) is 30.9 Å². The van der Waals surface area contributed by atoms with E-state index in [4.69, 9.17) is 4.74 Å². The summed E-state index contributed by atoms with van der Waals surface area (Å²) in [6.07, 6.45) is 2.37. The molecule has 1 N–H and O–H groups in total. The van der Waals surface area contributed by atoms with E-state index in [-0.39, 0.29) is 5.60 Å². The van der Waals surface area contributed by atoms with Crippen molar-refractivity contribution in [3.63, 3.8) is 0 Å². The van der Waals surface area contributed by atoms with Gasteiger partial charge in [-0.05, 0) is 38.8 Å². The second-order valence-corrected chi connectivity index (χ2v) is 5.01. The zero-order valence-electron chi connectivity index (χ0n) is 10.3. The van der Waals surface area contributed by atoms with Crippen molar-refractivity contribution in [3.05, 3.63) is 35.4 Å². The fourth-order valence-corrected chi connectivity index (χ4v) is 2.21. The highest BCUT2D eigenvalue weighted by atomic mass is 16.5. The van der Waals surface area contributed by atoms with Crippen LogP contribution in [-0.2, 0) is 11.3 Å². The Morgan fingerprint density at radius 1 is 1.44 bits per heavy atom. The maximum absolute atomic E-state index is 6.05. The first kappa shape index (κ1) is 11.6. The van der Waals surface area contributed by atoms with Gasteiger partial charge in [-0.1, -0.05) is 29.8 Å². The van der Waals surface area contributed by atoms with Gasteiger partial charge >= 0.3 is 0 Å². The van der Waals surface area contributed by atoms with Crippen molar-refractivity contribution < 1.29 is 4.74 Å². The van der Waals surface area contributed by atoms with Crippen molar-refractivity contribution in [1.82, 2.24) is 5.32 Å². The summed E-state index contributed by atoms with van der Waals surface area (Å²) in [5, 5.41) is 3.40. The predicted molar refractivity (Wildman–Crippen MR) is 66.5 cm³/mol. The number of rotatable bonds is 3. The fraction of sp³-hybridized carbons (Fsp3) is 0.571. The minimum atomic E-state index is 0.0159. The Hall–Kier alpha value is -0.860. The average Bonchev–Trinajstić information content (AvgIpc) is 2.28. The number of hydrogen-bond acceptors (Lipinski definition) is 2. The second kappa shape index (κ2) is 4.98. The molecule has 1 unspecified atom stereocenters. The number of ether oxygens (including phenoxy) is 1. The van der Waals surface area contributed by atoms with E-state index in [2.05, 4.69) is 43.4 Å². The van der Waals surface area contributed by atoms with Gasteiger partial charge in [0.15, 0.2) is 0 Å². The monoisotopic (exact) mass is 219 g/mol. The first-order valence-corrected chi connectivity index (χ1v) is 6.08. The van der Waals surface area contributed by atoms with Crippen LogP contribution in [0.2, 0.25) is 0 Å². The molecule has 0 amide bonds. The maximum Gasteiger partial charge on any atom is 0.0783 e. The minimum absolute atomic E-state index is 0.0159. The van der Waals surface area contributed by atoms with Crippen LogP contribution in [0.25, 0.3) is 0 Å². The van der Waals surface area contributed by atoms with E-state index in [1.165, 1.54) is 17.5 Å². The Labute approximate surface area is 98.0 Å². The first-order chi connectivity index (χ1) is 7.68. The highest BCUT2D eigenvalue weighted by Gasteiger charge is 2.27. The molecule has 0 aliphatic carbocycles. The van der Waals surface area contributed by atoms with E-state index < -0.39 is 0 Å². The third-order valence-corrected chi connectivity index (χ3v) is 3.23. The lowest BCUT2D eigenvalue weighted by molar-refractivity contribution is -0.0571. The molecule has 1 aromatic rings. The molecule has 0 bridgehead atoms. The molecule has 1 aromatic carbocycles. The molecule has 0 saturated carbocycles. The van der Waals surface area contributed by atoms with Crippen molar-refractivity contribution in [3.8, 4) is 0 Å². The van der Waals surface area contributed by atoms with Crippen molar-refractivity contribution in [2.24, 2.45) is 0 Å². The van der Waals surface area contributed by atoms with Gasteiger partial charge < -0.3 is 10.1 Å². The summed E-state index contributed by atoms with van der Waals surface area (Å²) < 4.78 is 6.05. The van der Waals surface area contributed by atoms with Crippen LogP contribution in [0, 0.1) is 6.92 Å². The summed E-state index contributed by atoms with van der Waals surface area (Å²) in [7, 11) is 0. The molecule has 88 valence electrons. The quantitative estimate of drug-likeness (QED) is 0.844. The molecule has 0 radical (unpaired) electrons. The zero-order chi connectivity index (χ0) is 11.4. The molecular formula is C14H21NO. The lowest BCUT2D eigenvalue weighted by atomic mass is 9.96. The molecule has 1 saturated heterocycles. The van der Waals surface area contributed by atoms with E-state index in [0.717, 1.165) is 26.1 Å². The SMILES string of the molecule is Cc1cccc(COC2(C)CCCNC2)c1. The van der Waals surface area contributed by atoms with Crippen molar-refractivity contribution in [2.75, 3.05) is 13.1 Å². The molecule has 0 spiro atoms. The summed E-state index contributed by atoms with van der Waals surface area (Å²) in [5.74, 6) is 0. The molecule has 2 nitrogen and oxygen atoms in total. The van der Waals surface area contributed by atoms with E-state index in [1.807, 2.05) is 0 Å². The van der Waals surface area contributed by atoms with Crippen LogP contribution in [0.3, 0.4) is 0 Å². The summed E-state index contributed by atoms with van der Waals surface area (Å²) >= 11 is 0. The Morgan fingerprint density at radius 3 is 3.00 bits per heavy atom. The van der Waals surface area contributed by atoms with Gasteiger partial charge in [-0.15, -0.1) is 0 Å². The van der Waals surface area contributed by atoms with Crippen LogP contribution >= 0.6 is 0 Å². The van der Waals surface area contributed by atoms with Crippen LogP contribution in [0.5, 0.6) is 0 Å². The number of benzene rings is 1. The molecule has 1 aliphatic heterocycles. The van der Waals surface area contributed by atoms with Crippen LogP contribution in [-0.4, -0.2) is 18.7 Å². The molecule has 0 aromatic heterocycles. The number of nitrogens with one attached hydrogen (secondary N) is 1. The van der Waals surface area contributed by atoms with Gasteiger partial charge in [-0.2, -0.15) is 0 Å². The highest BCUT2D eigenvalue weighted by Crippen LogP contribution is 2.21. The second-order valence-electron chi connectivity index (χ2n) is 5.01. The lowest BCUT2D eigenvalue weighted by Crippen LogP contribution is -2.45. The third kappa shape index (κ3) is 3.06. The van der Waals surface area contributed by atoms with E-state index in [0.29, 0.717) is 0 Å². The third-order valence-electron chi connectivity index (χ3n) is 3.23. The van der Waals surface area contributed by atoms with E-state index in [9.17, 15) is 0 Å². The van der Waals surface area contributed by atoms with E-state index in [1.54, 1.807) is 0 Å². The Morgan fingerprint density at radius 2 is 2.31 bits per heavy atom. The topological polar surface area (TPSA) is 21.3 Å². The normalized spacial score (nSPS) is 25.6. The summed E-state index contributed by atoms with van der Waals surface area (Å²) in [6, 6.07) is 8.54. The highest BCUT2D eigenvalue weighted by molar-refractivity contribution is 5.21. The standard InChI is InChI=1S/C14H21NO/c1-12-5-3-6-13(9-12)10-16-14(2)7-4-8-15-11-14/h3,5-6,9,15H,4,7-8,10-11H2,1-2H3. The molecule has 1 fully saturated rings. The number of aryl methyl sites for hydroxylation is 1. The first-order valence-electron chi connectivity index (χ1n) is 6.08. The number of piperidine rings is 1.